The van der Waals surface area contributed by atoms with E-state index in [0.29, 0.717) is 28.4 Å². The highest BCUT2D eigenvalue weighted by atomic mass is 16.6. The van der Waals surface area contributed by atoms with Crippen molar-refractivity contribution in [3.05, 3.63) is 45.9 Å². The molecule has 0 aliphatic carbocycles. The van der Waals surface area contributed by atoms with Gasteiger partial charge in [0.1, 0.15) is 11.3 Å². The summed E-state index contributed by atoms with van der Waals surface area (Å²) in [5, 5.41) is 18.8. The molecular weight excluding hydrogens is 300 g/mol. The maximum absolute atomic E-state index is 10.9. The van der Waals surface area contributed by atoms with Crippen molar-refractivity contribution in [3.8, 4) is 11.5 Å². The summed E-state index contributed by atoms with van der Waals surface area (Å²) in [6, 6.07) is 6.12. The Hall–Kier alpha value is -3.36. The number of hydrogen-bond acceptors (Lipinski definition) is 7. The fourth-order valence-corrected chi connectivity index (χ4v) is 2.51. The van der Waals surface area contributed by atoms with Crippen molar-refractivity contribution in [2.45, 2.75) is 13.8 Å². The molecule has 0 radical (unpaired) electrons. The van der Waals surface area contributed by atoms with Crippen molar-refractivity contribution in [2.75, 3.05) is 0 Å². The lowest BCUT2D eigenvalue weighted by Crippen LogP contribution is -1.97. The van der Waals surface area contributed by atoms with E-state index in [2.05, 4.69) is 20.2 Å². The highest BCUT2D eigenvalue weighted by Gasteiger charge is 2.17. The second-order valence-corrected chi connectivity index (χ2v) is 5.06. The molecule has 0 aliphatic heterocycles. The molecule has 0 atom stereocenters. The van der Waals surface area contributed by atoms with Crippen molar-refractivity contribution in [1.82, 2.24) is 24.6 Å². The predicted octanol–water partition coefficient (Wildman–Crippen LogP) is 2.46. The maximum Gasteiger partial charge on any atom is 0.270 e. The quantitative estimate of drug-likeness (QED) is 0.413. The normalized spacial score (nSPS) is 11.4. The molecule has 3 aromatic heterocycles. The molecule has 9 heteroatoms. The number of benzene rings is 1. The van der Waals surface area contributed by atoms with Gasteiger partial charge >= 0.3 is 0 Å². The van der Waals surface area contributed by atoms with Crippen LogP contribution in [0.5, 0.6) is 0 Å². The number of nitrogens with zero attached hydrogens (tertiary/aromatic N) is 6. The molecular formula is C14H10N6O3. The number of nitro benzene ring substituents is 1. The Labute approximate surface area is 128 Å². The number of oxazole rings is 1. The van der Waals surface area contributed by atoms with Crippen LogP contribution in [-0.2, 0) is 0 Å². The molecule has 23 heavy (non-hydrogen) atoms. The summed E-state index contributed by atoms with van der Waals surface area (Å²) < 4.78 is 7.44. The van der Waals surface area contributed by atoms with E-state index < -0.39 is 4.92 Å². The molecule has 0 fully saturated rings. The second-order valence-electron chi connectivity index (χ2n) is 5.06. The molecule has 114 valence electrons. The van der Waals surface area contributed by atoms with Gasteiger partial charge in [0.05, 0.1) is 10.6 Å². The van der Waals surface area contributed by atoms with E-state index in [1.54, 1.807) is 16.5 Å². The van der Waals surface area contributed by atoms with Crippen molar-refractivity contribution in [2.24, 2.45) is 0 Å². The lowest BCUT2D eigenvalue weighted by molar-refractivity contribution is -0.384. The van der Waals surface area contributed by atoms with E-state index in [1.807, 2.05) is 13.8 Å². The third kappa shape index (κ3) is 1.94. The average molecular weight is 310 g/mol. The zero-order chi connectivity index (χ0) is 16.1. The molecule has 4 aromatic rings. The van der Waals surface area contributed by atoms with E-state index in [4.69, 9.17) is 4.42 Å². The molecule has 0 amide bonds. The minimum Gasteiger partial charge on any atom is -0.417 e. The van der Waals surface area contributed by atoms with Crippen LogP contribution >= 0.6 is 0 Å². The summed E-state index contributed by atoms with van der Waals surface area (Å²) in [5.41, 5.74) is 2.19. The Balaban J connectivity index is 1.96. The number of hydrogen-bond donors (Lipinski definition) is 0. The van der Waals surface area contributed by atoms with Gasteiger partial charge in [-0.2, -0.15) is 4.98 Å². The first kappa shape index (κ1) is 13.3. The molecule has 0 N–H and O–H groups in total. The van der Waals surface area contributed by atoms with Gasteiger partial charge in [0.2, 0.25) is 5.89 Å². The van der Waals surface area contributed by atoms with Gasteiger partial charge in [0, 0.05) is 17.7 Å². The summed E-state index contributed by atoms with van der Waals surface area (Å²) in [5.74, 6) is 1.40. The molecule has 3 heterocycles. The van der Waals surface area contributed by atoms with Gasteiger partial charge < -0.3 is 4.42 Å². The van der Waals surface area contributed by atoms with Gasteiger partial charge in [-0.25, -0.2) is 4.98 Å². The van der Waals surface area contributed by atoms with Gasteiger partial charge in [-0.15, -0.1) is 10.2 Å². The van der Waals surface area contributed by atoms with Crippen LogP contribution in [0.3, 0.4) is 0 Å². The molecule has 1 aromatic carbocycles. The predicted molar refractivity (Wildman–Crippen MR) is 79.9 cm³/mol. The first-order chi connectivity index (χ1) is 11.0. The van der Waals surface area contributed by atoms with E-state index in [0.717, 1.165) is 5.69 Å². The van der Waals surface area contributed by atoms with Crippen molar-refractivity contribution in [3.63, 3.8) is 0 Å². The third-order valence-electron chi connectivity index (χ3n) is 3.60. The van der Waals surface area contributed by atoms with Gasteiger partial charge in [0.15, 0.2) is 0 Å². The minimum absolute atomic E-state index is 0.0238. The third-order valence-corrected chi connectivity index (χ3v) is 3.60. The van der Waals surface area contributed by atoms with Crippen LogP contribution in [0, 0.1) is 24.0 Å². The second kappa shape index (κ2) is 4.57. The summed E-state index contributed by atoms with van der Waals surface area (Å²) in [6.45, 7) is 3.69. The van der Waals surface area contributed by atoms with E-state index >= 15 is 0 Å². The number of aromatic nitrogens is 5. The number of rotatable bonds is 2. The molecule has 9 nitrogen and oxygen atoms in total. The molecule has 0 spiro atoms. The van der Waals surface area contributed by atoms with Gasteiger partial charge in [0.25, 0.3) is 17.2 Å². The zero-order valence-corrected chi connectivity index (χ0v) is 12.2. The van der Waals surface area contributed by atoms with Crippen LogP contribution in [0.4, 0.5) is 5.69 Å². The van der Waals surface area contributed by atoms with Crippen LogP contribution in [0.15, 0.2) is 28.7 Å². The zero-order valence-electron chi connectivity index (χ0n) is 12.2. The fourth-order valence-electron chi connectivity index (χ4n) is 2.51. The molecule has 0 saturated heterocycles. The first-order valence-corrected chi connectivity index (χ1v) is 6.78. The van der Waals surface area contributed by atoms with Crippen molar-refractivity contribution in [1.29, 1.82) is 0 Å². The number of nitro groups is 1. The van der Waals surface area contributed by atoms with Gasteiger partial charge in [-0.3, -0.25) is 14.5 Å². The number of fused-ring (bicyclic) bond motifs is 2. The highest BCUT2D eigenvalue weighted by Crippen LogP contribution is 2.27. The molecule has 4 rings (SSSR count). The molecule has 0 aliphatic rings. The van der Waals surface area contributed by atoms with E-state index in [9.17, 15) is 10.1 Å². The smallest absolute Gasteiger partial charge is 0.270 e. The Kier molecular flexibility index (Phi) is 2.64. The van der Waals surface area contributed by atoms with Crippen LogP contribution in [-0.4, -0.2) is 29.5 Å². The molecule has 0 bridgehead atoms. The summed E-state index contributed by atoms with van der Waals surface area (Å²) >= 11 is 0. The van der Waals surface area contributed by atoms with Crippen LogP contribution in [0.2, 0.25) is 0 Å². The van der Waals surface area contributed by atoms with Crippen molar-refractivity contribution >= 4 is 22.7 Å². The average Bonchev–Trinajstić information content (AvgIpc) is 3.12. The Morgan fingerprint density at radius 1 is 1.22 bits per heavy atom. The summed E-state index contributed by atoms with van der Waals surface area (Å²) in [7, 11) is 0. The molecule has 0 saturated carbocycles. The Morgan fingerprint density at radius 2 is 2.04 bits per heavy atom. The SMILES string of the molecule is Cc1nnc2nc3oc(-c4cccc([N+](=O)[O-])c4)nc3c(C)n12. The lowest BCUT2D eigenvalue weighted by Gasteiger charge is -1.98. The Bertz CT molecular complexity index is 1080. The fraction of sp³-hybridized carbons (Fsp3) is 0.143. The molecule has 0 unspecified atom stereocenters. The minimum atomic E-state index is -0.460. The lowest BCUT2D eigenvalue weighted by atomic mass is 10.2. The monoisotopic (exact) mass is 310 g/mol. The largest absolute Gasteiger partial charge is 0.417 e. The highest BCUT2D eigenvalue weighted by molar-refractivity contribution is 5.77. The maximum atomic E-state index is 10.9. The topological polar surface area (TPSA) is 112 Å². The number of non-ortho nitro benzene ring substituents is 1. The van der Waals surface area contributed by atoms with Crippen LogP contribution in [0.25, 0.3) is 28.5 Å². The Morgan fingerprint density at radius 3 is 2.83 bits per heavy atom. The van der Waals surface area contributed by atoms with E-state index in [1.165, 1.54) is 12.1 Å². The standard InChI is InChI=1S/C14H10N6O3/c1-7-11-13(16-14-18-17-8(2)19(7)14)23-12(15-11)9-4-3-5-10(6-9)20(21)22/h3-6H,1-2H3. The number of aryl methyl sites for hydroxylation is 2. The van der Waals surface area contributed by atoms with Crippen LogP contribution < -0.4 is 0 Å². The van der Waals surface area contributed by atoms with E-state index in [-0.39, 0.29) is 11.6 Å². The van der Waals surface area contributed by atoms with Gasteiger partial charge in [-0.1, -0.05) is 6.07 Å². The van der Waals surface area contributed by atoms with Crippen molar-refractivity contribution < 1.29 is 9.34 Å². The summed E-state index contributed by atoms with van der Waals surface area (Å²) in [6.07, 6.45) is 0. The summed E-state index contributed by atoms with van der Waals surface area (Å²) in [4.78, 5) is 19.2. The first-order valence-electron chi connectivity index (χ1n) is 6.78. The van der Waals surface area contributed by atoms with Gasteiger partial charge in [-0.05, 0) is 19.9 Å². The van der Waals surface area contributed by atoms with Crippen LogP contribution in [0.1, 0.15) is 11.5 Å².